The number of amides is 2. The van der Waals surface area contributed by atoms with E-state index >= 15 is 0 Å². The number of para-hydroxylation sites is 1. The lowest BCUT2D eigenvalue weighted by Crippen LogP contribution is -2.44. The quantitative estimate of drug-likeness (QED) is 0.575. The van der Waals surface area contributed by atoms with E-state index in [4.69, 9.17) is 9.47 Å². The number of ether oxygens (including phenoxy) is 2. The summed E-state index contributed by atoms with van der Waals surface area (Å²) >= 11 is 0. The molecule has 0 aliphatic carbocycles. The first-order chi connectivity index (χ1) is 11.2. The van der Waals surface area contributed by atoms with Crippen LogP contribution >= 0.6 is 0 Å². The van der Waals surface area contributed by atoms with Crippen molar-refractivity contribution in [1.29, 1.82) is 0 Å². The van der Waals surface area contributed by atoms with Crippen molar-refractivity contribution in [3.8, 4) is 0 Å². The molecule has 0 aliphatic rings. The molecule has 138 valence electrons. The third-order valence-electron chi connectivity index (χ3n) is 2.54. The third kappa shape index (κ3) is 5.70. The van der Waals surface area contributed by atoms with Crippen molar-refractivity contribution in [2.45, 2.75) is 52.7 Å². The number of nitrogens with zero attached hydrogens (tertiary/aromatic N) is 2. The molecule has 0 aliphatic heterocycles. The Morgan fingerprint density at radius 3 is 1.84 bits per heavy atom. The molecular formula is C16H21FN2O6. The van der Waals surface area contributed by atoms with E-state index < -0.39 is 45.5 Å². The number of anilines is 1. The van der Waals surface area contributed by atoms with Crippen LogP contribution in [0.1, 0.15) is 41.5 Å². The minimum Gasteiger partial charge on any atom is -0.443 e. The highest BCUT2D eigenvalue weighted by Gasteiger charge is 2.38. The summed E-state index contributed by atoms with van der Waals surface area (Å²) in [4.78, 5) is 35.4. The summed E-state index contributed by atoms with van der Waals surface area (Å²) in [6.45, 7) is 9.21. The van der Waals surface area contributed by atoms with Crippen LogP contribution in [0, 0.1) is 15.9 Å². The molecule has 1 aromatic carbocycles. The lowest BCUT2D eigenvalue weighted by molar-refractivity contribution is -0.384. The van der Waals surface area contributed by atoms with Crippen LogP contribution in [0.5, 0.6) is 0 Å². The Labute approximate surface area is 144 Å². The van der Waals surface area contributed by atoms with Gasteiger partial charge in [-0.1, -0.05) is 6.07 Å². The highest BCUT2D eigenvalue weighted by Crippen LogP contribution is 2.33. The maximum atomic E-state index is 14.3. The fraction of sp³-hybridized carbons (Fsp3) is 0.500. The van der Waals surface area contributed by atoms with Crippen LogP contribution < -0.4 is 4.90 Å². The van der Waals surface area contributed by atoms with Crippen LogP contribution in [0.4, 0.5) is 25.4 Å². The van der Waals surface area contributed by atoms with E-state index in [1.165, 1.54) is 41.5 Å². The van der Waals surface area contributed by atoms with E-state index in [1.807, 2.05) is 0 Å². The average molecular weight is 356 g/mol. The smallest absolute Gasteiger partial charge is 0.424 e. The van der Waals surface area contributed by atoms with Crippen LogP contribution in [-0.2, 0) is 9.47 Å². The summed E-state index contributed by atoms with van der Waals surface area (Å²) in [5.74, 6) is -1.13. The predicted molar refractivity (Wildman–Crippen MR) is 88.0 cm³/mol. The predicted octanol–water partition coefficient (Wildman–Crippen LogP) is 4.41. The van der Waals surface area contributed by atoms with Gasteiger partial charge in [0.1, 0.15) is 11.2 Å². The first-order valence-corrected chi connectivity index (χ1v) is 7.42. The zero-order valence-corrected chi connectivity index (χ0v) is 15.0. The van der Waals surface area contributed by atoms with Gasteiger partial charge in [-0.05, 0) is 47.6 Å². The van der Waals surface area contributed by atoms with Gasteiger partial charge < -0.3 is 9.47 Å². The van der Waals surface area contributed by atoms with Gasteiger partial charge in [0.05, 0.1) is 4.92 Å². The van der Waals surface area contributed by atoms with Crippen LogP contribution in [0.25, 0.3) is 0 Å². The molecule has 1 rings (SSSR count). The molecule has 0 N–H and O–H groups in total. The highest BCUT2D eigenvalue weighted by atomic mass is 19.1. The van der Waals surface area contributed by atoms with Crippen LogP contribution in [0.15, 0.2) is 18.2 Å². The molecule has 0 unspecified atom stereocenters. The zero-order chi connectivity index (χ0) is 19.6. The van der Waals surface area contributed by atoms with Gasteiger partial charge in [-0.3, -0.25) is 10.1 Å². The molecule has 9 heteroatoms. The molecule has 2 amide bonds. The molecule has 0 saturated heterocycles. The molecule has 0 bridgehead atoms. The minimum atomic E-state index is -1.28. The van der Waals surface area contributed by atoms with Crippen molar-refractivity contribution in [1.82, 2.24) is 0 Å². The number of nitro groups is 1. The monoisotopic (exact) mass is 356 g/mol. The number of halogens is 1. The Hall–Kier alpha value is -2.71. The summed E-state index contributed by atoms with van der Waals surface area (Å²) in [5.41, 5.74) is -3.64. The molecule has 1 aromatic rings. The molecule has 0 heterocycles. The van der Waals surface area contributed by atoms with Gasteiger partial charge in [-0.25, -0.2) is 14.0 Å². The number of hydrogen-bond acceptors (Lipinski definition) is 6. The summed E-state index contributed by atoms with van der Waals surface area (Å²) in [5, 5.41) is 11.2. The third-order valence-corrected chi connectivity index (χ3v) is 2.54. The molecular weight excluding hydrogens is 335 g/mol. The number of benzene rings is 1. The molecule has 0 spiro atoms. The van der Waals surface area contributed by atoms with Crippen molar-refractivity contribution < 1.29 is 28.4 Å². The number of rotatable bonds is 2. The SMILES string of the molecule is CC(C)(C)OC(=O)N(C(=O)OC(C)(C)C)c1c(F)cccc1[N+](=O)[O-]. The maximum absolute atomic E-state index is 14.3. The van der Waals surface area contributed by atoms with E-state index in [2.05, 4.69) is 0 Å². The Balaban J connectivity index is 3.50. The van der Waals surface area contributed by atoms with Crippen LogP contribution in [0.2, 0.25) is 0 Å². The topological polar surface area (TPSA) is 99.0 Å². The molecule has 0 saturated carbocycles. The number of nitro benzene ring substituents is 1. The molecule has 8 nitrogen and oxygen atoms in total. The Kier molecular flexibility index (Phi) is 5.72. The summed E-state index contributed by atoms with van der Waals surface area (Å²) < 4.78 is 24.4. The largest absolute Gasteiger partial charge is 0.443 e. The fourth-order valence-corrected chi connectivity index (χ4v) is 1.74. The van der Waals surface area contributed by atoms with Crippen LogP contribution in [-0.4, -0.2) is 28.3 Å². The summed E-state index contributed by atoms with van der Waals surface area (Å²) in [6.07, 6.45) is -2.56. The van der Waals surface area contributed by atoms with Crippen molar-refractivity contribution in [2.75, 3.05) is 4.90 Å². The number of carbonyl (C=O) groups excluding carboxylic acids is 2. The Morgan fingerprint density at radius 2 is 1.48 bits per heavy atom. The van der Waals surface area contributed by atoms with E-state index in [9.17, 15) is 24.1 Å². The molecule has 0 fully saturated rings. The van der Waals surface area contributed by atoms with Crippen molar-refractivity contribution in [2.24, 2.45) is 0 Å². The highest BCUT2D eigenvalue weighted by molar-refractivity contribution is 6.11. The van der Waals surface area contributed by atoms with E-state index in [0.29, 0.717) is 0 Å². The van der Waals surface area contributed by atoms with Gasteiger partial charge in [-0.15, -0.1) is 0 Å². The first-order valence-electron chi connectivity index (χ1n) is 7.42. The van der Waals surface area contributed by atoms with Crippen molar-refractivity contribution in [3.63, 3.8) is 0 Å². The number of imide groups is 1. The van der Waals surface area contributed by atoms with Crippen LogP contribution in [0.3, 0.4) is 0 Å². The first kappa shape index (κ1) is 20.3. The van der Waals surface area contributed by atoms with Gasteiger partial charge in [0, 0.05) is 6.07 Å². The number of hydrogen-bond donors (Lipinski definition) is 0. The van der Waals surface area contributed by atoms with Crippen molar-refractivity contribution in [3.05, 3.63) is 34.1 Å². The fourth-order valence-electron chi connectivity index (χ4n) is 1.74. The van der Waals surface area contributed by atoms with E-state index in [0.717, 1.165) is 18.2 Å². The van der Waals surface area contributed by atoms with Crippen molar-refractivity contribution >= 4 is 23.6 Å². The van der Waals surface area contributed by atoms with Gasteiger partial charge >= 0.3 is 12.2 Å². The second-order valence-electron chi connectivity index (χ2n) is 7.16. The molecule has 0 radical (unpaired) electrons. The molecule has 0 atom stereocenters. The van der Waals surface area contributed by atoms with E-state index in [1.54, 1.807) is 0 Å². The van der Waals surface area contributed by atoms with Gasteiger partial charge in [0.2, 0.25) is 0 Å². The molecule has 25 heavy (non-hydrogen) atoms. The Morgan fingerprint density at radius 1 is 1.04 bits per heavy atom. The lowest BCUT2D eigenvalue weighted by atomic mass is 10.2. The van der Waals surface area contributed by atoms with Gasteiger partial charge in [0.15, 0.2) is 11.5 Å². The second kappa shape index (κ2) is 7.04. The normalized spacial score (nSPS) is 11.6. The van der Waals surface area contributed by atoms with Gasteiger partial charge in [0.25, 0.3) is 5.69 Å². The van der Waals surface area contributed by atoms with Gasteiger partial charge in [-0.2, -0.15) is 4.90 Å². The Bertz CT molecular complexity index is 663. The molecule has 0 aromatic heterocycles. The minimum absolute atomic E-state index is 0.198. The summed E-state index contributed by atoms with van der Waals surface area (Å²) in [6, 6.07) is 2.96. The lowest BCUT2D eigenvalue weighted by Gasteiger charge is -2.28. The maximum Gasteiger partial charge on any atom is 0.424 e. The summed E-state index contributed by atoms with van der Waals surface area (Å²) in [7, 11) is 0. The number of carbonyl (C=O) groups is 2. The van der Waals surface area contributed by atoms with E-state index in [-0.39, 0.29) is 4.90 Å². The average Bonchev–Trinajstić information content (AvgIpc) is 2.36. The zero-order valence-electron chi connectivity index (χ0n) is 15.0. The second-order valence-corrected chi connectivity index (χ2v) is 7.16. The standard InChI is InChI=1S/C16H21FN2O6/c1-15(2,3)24-13(20)18(14(21)25-16(4,5)6)12-10(17)8-7-9-11(12)19(22)23/h7-9H,1-6H3.